The van der Waals surface area contributed by atoms with E-state index in [1.54, 1.807) is 0 Å². The molecule has 0 aliphatic heterocycles. The molecule has 0 aliphatic carbocycles. The van der Waals surface area contributed by atoms with Crippen LogP contribution in [0.25, 0.3) is 0 Å². The Labute approximate surface area is 107 Å². The Morgan fingerprint density at radius 2 is 1.23 bits per heavy atom. The van der Waals surface area contributed by atoms with E-state index < -0.39 is 27.7 Å². The molecule has 0 amide bonds. The summed E-state index contributed by atoms with van der Waals surface area (Å²) in [5.74, 6) is -5.70. The Hall–Kier alpha value is 0.666. The number of benzene rings is 1. The summed E-state index contributed by atoms with van der Waals surface area (Å²) in [7, 11) is 0. The van der Waals surface area contributed by atoms with E-state index in [0.717, 1.165) is 0 Å². The van der Waals surface area contributed by atoms with Crippen molar-refractivity contribution in [2.75, 3.05) is 0 Å². The van der Waals surface area contributed by atoms with Gasteiger partial charge < -0.3 is 17.0 Å². The van der Waals surface area contributed by atoms with Crippen LogP contribution in [0.3, 0.4) is 0 Å². The minimum atomic E-state index is -1.43. The standard InChI is InChI=1S/C6HBrF4.BrH.Mg/c7-4-5(10)2(8)1-3(9)6(4)11;;/h1H;1H;/q;;+2/p-1. The Balaban J connectivity index is 0. The molecule has 0 aromatic heterocycles. The maximum atomic E-state index is 12.3. The van der Waals surface area contributed by atoms with E-state index in [0.29, 0.717) is 0 Å². The van der Waals surface area contributed by atoms with Crippen LogP contribution < -0.4 is 17.0 Å². The van der Waals surface area contributed by atoms with Gasteiger partial charge in [-0.2, -0.15) is 0 Å². The van der Waals surface area contributed by atoms with Crippen LogP contribution in [0.15, 0.2) is 10.5 Å². The van der Waals surface area contributed by atoms with Gasteiger partial charge in [0.25, 0.3) is 0 Å². The van der Waals surface area contributed by atoms with Crippen molar-refractivity contribution in [1.82, 2.24) is 0 Å². The van der Waals surface area contributed by atoms with Crippen LogP contribution in [-0.2, 0) is 0 Å². The van der Waals surface area contributed by atoms with Crippen LogP contribution in [-0.4, -0.2) is 23.1 Å². The van der Waals surface area contributed by atoms with E-state index in [-0.39, 0.29) is 46.1 Å². The summed E-state index contributed by atoms with van der Waals surface area (Å²) >= 11 is 2.35. The molecule has 1 aromatic carbocycles. The molecule has 0 saturated carbocycles. The van der Waals surface area contributed by atoms with Gasteiger partial charge in [-0.25, -0.2) is 17.6 Å². The molecule has 0 fully saturated rings. The Morgan fingerprint density at radius 1 is 0.923 bits per heavy atom. The van der Waals surface area contributed by atoms with Gasteiger partial charge in [0.15, 0.2) is 23.3 Å². The average Bonchev–Trinajstić information content (AvgIpc) is 1.97. The quantitative estimate of drug-likeness (QED) is 0.263. The smallest absolute Gasteiger partial charge is 1.00 e. The maximum absolute atomic E-state index is 12.3. The molecule has 0 heterocycles. The molecule has 0 saturated heterocycles. The molecule has 68 valence electrons. The Kier molecular flexibility index (Phi) is 7.69. The third-order valence-electron chi connectivity index (χ3n) is 1.06. The molecule has 0 atom stereocenters. The number of hydrogen-bond acceptors (Lipinski definition) is 0. The van der Waals surface area contributed by atoms with E-state index in [9.17, 15) is 17.6 Å². The van der Waals surface area contributed by atoms with E-state index >= 15 is 0 Å². The van der Waals surface area contributed by atoms with Crippen LogP contribution in [0.5, 0.6) is 0 Å². The van der Waals surface area contributed by atoms with Crippen LogP contribution in [0.2, 0.25) is 0 Å². The van der Waals surface area contributed by atoms with Gasteiger partial charge in [-0.1, -0.05) is 0 Å². The van der Waals surface area contributed by atoms with Gasteiger partial charge in [-0.15, -0.1) is 0 Å². The molecule has 7 heteroatoms. The first-order chi connectivity index (χ1) is 5.04. The van der Waals surface area contributed by atoms with Crippen LogP contribution in [0, 0.1) is 23.3 Å². The zero-order valence-corrected chi connectivity index (χ0v) is 10.6. The second kappa shape index (κ2) is 6.21. The molecule has 0 N–H and O–H groups in total. The molecule has 0 unspecified atom stereocenters. The Morgan fingerprint density at radius 3 is 1.54 bits per heavy atom. The fourth-order valence-corrected chi connectivity index (χ4v) is 0.923. The SMILES string of the molecule is Fc1cc(F)c(F)c(Br)c1F.[Br-].[Mg+2]. The minimum absolute atomic E-state index is 0. The van der Waals surface area contributed by atoms with Crippen molar-refractivity contribution in [1.29, 1.82) is 0 Å². The predicted molar refractivity (Wildman–Crippen MR) is 39.7 cm³/mol. The summed E-state index contributed by atoms with van der Waals surface area (Å²) in [5, 5.41) is 0. The second-order valence-corrected chi connectivity index (χ2v) is 2.58. The first-order valence-electron chi connectivity index (χ1n) is 2.52. The number of rotatable bonds is 0. The summed E-state index contributed by atoms with van der Waals surface area (Å²) in [4.78, 5) is 0. The van der Waals surface area contributed by atoms with Crippen LogP contribution in [0.1, 0.15) is 0 Å². The number of hydrogen-bond donors (Lipinski definition) is 0. The summed E-state index contributed by atoms with van der Waals surface area (Å²) in [6.45, 7) is 0. The zero-order chi connectivity index (χ0) is 8.59. The first-order valence-corrected chi connectivity index (χ1v) is 3.32. The minimum Gasteiger partial charge on any atom is -1.00 e. The monoisotopic (exact) mass is 331 g/mol. The van der Waals surface area contributed by atoms with Crippen molar-refractivity contribution in [2.45, 2.75) is 0 Å². The van der Waals surface area contributed by atoms with E-state index in [1.165, 1.54) is 0 Å². The van der Waals surface area contributed by atoms with Crippen molar-refractivity contribution in [2.24, 2.45) is 0 Å². The molecule has 0 radical (unpaired) electrons. The van der Waals surface area contributed by atoms with Gasteiger partial charge in [0, 0.05) is 6.07 Å². The van der Waals surface area contributed by atoms with Crippen molar-refractivity contribution in [3.63, 3.8) is 0 Å². The normalized spacial score (nSPS) is 8.69. The molecule has 1 aromatic rings. The Bertz CT molecular complexity index is 279. The van der Waals surface area contributed by atoms with Gasteiger partial charge in [0.05, 0.1) is 4.47 Å². The van der Waals surface area contributed by atoms with E-state index in [4.69, 9.17) is 0 Å². The average molecular weight is 333 g/mol. The van der Waals surface area contributed by atoms with Gasteiger partial charge in [-0.3, -0.25) is 0 Å². The van der Waals surface area contributed by atoms with Crippen molar-refractivity contribution < 1.29 is 34.5 Å². The maximum Gasteiger partial charge on any atom is 2.00 e. The molecule has 13 heavy (non-hydrogen) atoms. The van der Waals surface area contributed by atoms with Crippen molar-refractivity contribution in [3.05, 3.63) is 33.8 Å². The zero-order valence-electron chi connectivity index (χ0n) is 6.05. The molecule has 0 bridgehead atoms. The van der Waals surface area contributed by atoms with Gasteiger partial charge in [0.2, 0.25) is 0 Å². The summed E-state index contributed by atoms with van der Waals surface area (Å²) < 4.78 is 48.3. The van der Waals surface area contributed by atoms with Crippen LogP contribution in [0.4, 0.5) is 17.6 Å². The summed E-state index contributed by atoms with van der Waals surface area (Å²) in [5.41, 5.74) is 0. The van der Waals surface area contributed by atoms with Gasteiger partial charge in [-0.05, 0) is 15.9 Å². The molecular formula is C6HBr2F4Mg+. The predicted octanol–water partition coefficient (Wildman–Crippen LogP) is -0.371. The summed E-state index contributed by atoms with van der Waals surface area (Å²) in [6.07, 6.45) is 0. The van der Waals surface area contributed by atoms with Crippen molar-refractivity contribution >= 4 is 39.0 Å². The fraction of sp³-hybridized carbons (Fsp3) is 0. The second-order valence-electron chi connectivity index (χ2n) is 1.78. The third kappa shape index (κ3) is 3.37. The fourth-order valence-electron chi connectivity index (χ4n) is 0.544. The third-order valence-corrected chi connectivity index (χ3v) is 1.75. The van der Waals surface area contributed by atoms with Gasteiger partial charge >= 0.3 is 23.1 Å². The molecule has 0 aliphatic rings. The van der Waals surface area contributed by atoms with Crippen molar-refractivity contribution in [3.8, 4) is 0 Å². The molecular weight excluding hydrogens is 332 g/mol. The molecule has 1 rings (SSSR count). The molecule has 0 spiro atoms. The molecule has 0 nitrogen and oxygen atoms in total. The van der Waals surface area contributed by atoms with Gasteiger partial charge in [0.1, 0.15) is 0 Å². The first kappa shape index (κ1) is 16.1. The largest absolute Gasteiger partial charge is 2.00 e. The number of halogens is 6. The topological polar surface area (TPSA) is 0 Å². The summed E-state index contributed by atoms with van der Waals surface area (Å²) in [6, 6.07) is 0.148. The van der Waals surface area contributed by atoms with Crippen LogP contribution >= 0.6 is 15.9 Å². The van der Waals surface area contributed by atoms with E-state index in [1.807, 2.05) is 0 Å². The van der Waals surface area contributed by atoms with E-state index in [2.05, 4.69) is 15.9 Å².